The van der Waals surface area contributed by atoms with Crippen molar-refractivity contribution in [3.05, 3.63) is 455 Å². The number of hydrogen-bond acceptors (Lipinski definition) is 13. The Hall–Kier alpha value is -15.9. The molecular formula is C130H116Cl2N2O13Si+2. The number of aromatic nitrogens is 1. The van der Waals surface area contributed by atoms with Gasteiger partial charge in [-0.2, -0.15) is 0 Å². The molecule has 1 N–H and O–H groups in total. The van der Waals surface area contributed by atoms with Gasteiger partial charge in [0.05, 0.1) is 63.9 Å². The zero-order chi connectivity index (χ0) is 102. The van der Waals surface area contributed by atoms with Gasteiger partial charge in [0.25, 0.3) is 0 Å². The highest BCUT2D eigenvalue weighted by Gasteiger charge is 2.32. The summed E-state index contributed by atoms with van der Waals surface area (Å²) in [6.45, 7) is 11.8. The number of aliphatic hydroxyl groups is 1. The molecule has 0 amide bonds. The molecule has 0 unspecified atom stereocenters. The Morgan fingerprint density at radius 3 is 0.770 bits per heavy atom. The second-order valence-corrected chi connectivity index (χ2v) is 43.6. The highest BCUT2D eigenvalue weighted by atomic mass is 35.5. The van der Waals surface area contributed by atoms with Crippen LogP contribution in [0.2, 0.25) is 19.6 Å². The lowest BCUT2D eigenvalue weighted by atomic mass is 9.87. The lowest BCUT2D eigenvalue weighted by molar-refractivity contribution is -0.864. The number of halogens is 2. The molecule has 15 nitrogen and oxygen atoms in total. The number of benzene rings is 16. The summed E-state index contributed by atoms with van der Waals surface area (Å²) in [4.78, 5) is 110. The summed E-state index contributed by atoms with van der Waals surface area (Å²) in [5.74, 6) is 0.632. The number of quaternary nitrogens is 1. The summed E-state index contributed by atoms with van der Waals surface area (Å²) in [7, 11) is 6.31. The van der Waals surface area contributed by atoms with Gasteiger partial charge in [0.15, 0.2) is 73.5 Å². The van der Waals surface area contributed by atoms with Crippen LogP contribution in [0.4, 0.5) is 0 Å². The van der Waals surface area contributed by atoms with Crippen LogP contribution in [0.25, 0.3) is 135 Å². The fourth-order valence-electron chi connectivity index (χ4n) is 19.7. The number of esters is 1. The Balaban J connectivity index is 0.000000127. The molecule has 0 saturated heterocycles. The third-order valence-electron chi connectivity index (χ3n) is 26.3. The van der Waals surface area contributed by atoms with Gasteiger partial charge in [0.2, 0.25) is 0 Å². The Bertz CT molecular complexity index is 8260. The van der Waals surface area contributed by atoms with Crippen molar-refractivity contribution in [1.29, 1.82) is 0 Å². The van der Waals surface area contributed by atoms with Gasteiger partial charge in [0.1, 0.15) is 13.2 Å². The Labute approximate surface area is 873 Å². The Kier molecular flexibility index (Phi) is 32.9. The van der Waals surface area contributed by atoms with Crippen molar-refractivity contribution in [2.24, 2.45) is 0 Å². The van der Waals surface area contributed by atoms with Gasteiger partial charge >= 0.3 is 5.97 Å². The van der Waals surface area contributed by atoms with Gasteiger partial charge in [-0.15, -0.1) is 23.2 Å². The first kappa shape index (κ1) is 106. The number of Topliss-reactive ketones (excluding diaryl/α,β-unsaturated/α-hetero) is 8. The predicted octanol–water partition coefficient (Wildman–Crippen LogP) is 28.8. The first-order valence-corrected chi connectivity index (χ1v) is 52.4. The number of hydrogen-bond donors (Lipinski definition) is 1. The molecular weight excluding hydrogens is 1900 g/mol. The van der Waals surface area contributed by atoms with Crippen LogP contribution in [0.1, 0.15) is 162 Å². The standard InChI is InChI=1S/C20H16NO.C17H18NO.C17H18O2Si.C16H12O3.C15H12O2.2C14H9ClO.C14H10O2.3CH4/c1-14-8-10-21(11-9-14)13-17-12-16-6-2-4-15-5-3-7-18(19(15)16)20(17)22;1-18(2,3)11-14-10-13-8-4-6-12-7-5-9-15(16(12)13)17(14)19;1-20(2,3)19-11-14-10-13-8-4-6-12-7-5-9-15(16(12)13)17(14)18;1-10(17)19-9-13-8-12-6-2-4-11-5-3-7-14(15(11)12)16(13)18;1-17-9-12-8-11-6-2-4-10-5-3-7-13(14(10)11)15(12)16;3*15-8-11-7-10-5-1-3-9-4-2-6-12(13(9)10)14(11)16;;;/h2-12H,13H2,1H3;4-10H,11H2,1-3H3;4-10H,11H2,1-3H3;2-8H,9H2,1H3;2-8H,9H2,1H3;2*1-7H,8H2;1-7,15H,8H2;3*1H4/q2*+1;;;;;;;;;. The third kappa shape index (κ3) is 22.4. The van der Waals surface area contributed by atoms with Gasteiger partial charge < -0.3 is 23.5 Å². The molecule has 148 heavy (non-hydrogen) atoms. The number of alkyl halides is 2. The second-order valence-electron chi connectivity index (χ2n) is 38.5. The minimum Gasteiger partial charge on any atom is -0.461 e. The summed E-state index contributed by atoms with van der Waals surface area (Å²) in [6.07, 6.45) is 19.4. The van der Waals surface area contributed by atoms with E-state index >= 15 is 0 Å². The first-order chi connectivity index (χ1) is 70.0. The molecule has 0 spiro atoms. The maximum Gasteiger partial charge on any atom is 0.302 e. The summed E-state index contributed by atoms with van der Waals surface area (Å²) in [6, 6.07) is 99.3. The molecule has 0 bridgehead atoms. The van der Waals surface area contributed by atoms with Crippen molar-refractivity contribution in [2.75, 3.05) is 73.0 Å². The van der Waals surface area contributed by atoms with Gasteiger partial charge in [-0.05, 0) is 168 Å². The van der Waals surface area contributed by atoms with Crippen LogP contribution in [0, 0.1) is 6.92 Å². The summed E-state index contributed by atoms with van der Waals surface area (Å²) in [5.41, 5.74) is 21.6. The molecule has 8 aliphatic rings. The monoisotopic (exact) mass is 2010 g/mol. The number of aryl methyl sites for hydroxylation is 1. The molecule has 0 atom stereocenters. The molecule has 0 radical (unpaired) electrons. The van der Waals surface area contributed by atoms with Crippen molar-refractivity contribution in [3.63, 3.8) is 0 Å². The summed E-state index contributed by atoms with van der Waals surface area (Å²) in [5, 5.41) is 26.3. The van der Waals surface area contributed by atoms with E-state index in [2.05, 4.69) is 114 Å². The second kappa shape index (κ2) is 45.8. The van der Waals surface area contributed by atoms with Crippen LogP contribution in [-0.2, 0) is 25.2 Å². The van der Waals surface area contributed by atoms with Crippen LogP contribution < -0.4 is 4.57 Å². The molecule has 1 aromatic heterocycles. The Morgan fingerprint density at radius 1 is 0.304 bits per heavy atom. The van der Waals surface area contributed by atoms with E-state index in [-0.39, 0.29) is 99.5 Å². The third-order valence-corrected chi connectivity index (χ3v) is 27.9. The number of ketones is 8. The van der Waals surface area contributed by atoms with E-state index in [1.54, 1.807) is 19.3 Å². The first-order valence-electron chi connectivity index (χ1n) is 48.0. The van der Waals surface area contributed by atoms with E-state index in [4.69, 9.17) is 42.2 Å². The SMILES string of the molecule is C.C.C.CC(=O)OCC1=Cc2cccc3cccc(c23)C1=O.COCC1=Cc2cccc3cccc(c23)C1=O.C[N+](C)(C)CC1=Cc2cccc3cccc(c23)C1=O.C[Si](C)(C)OCC1=Cc2cccc3cccc(c23)C1=O.Cc1cc[n+](CC2=Cc3cccc4cccc(c34)C2=O)cc1.O=C1C(CCl)=Cc2cccc3cccc1c23.O=C1C(CCl)=Cc2cccc3cccc1c23.O=C1C(CO)=Cc2cccc3cccc1c23. The summed E-state index contributed by atoms with van der Waals surface area (Å²) < 4.78 is 18.7. The normalized spacial score (nSPS) is 13.7. The number of pyridine rings is 1. The van der Waals surface area contributed by atoms with Crippen molar-refractivity contribution in [3.8, 4) is 0 Å². The number of rotatable bonds is 14. The lowest BCUT2D eigenvalue weighted by Gasteiger charge is -2.26. The van der Waals surface area contributed by atoms with E-state index in [9.17, 15) is 43.2 Å². The maximum absolute atomic E-state index is 12.8. The number of likely N-dealkylation sites (N-methyl/N-ethyl adjacent to an activating group) is 1. The number of methoxy groups -OCH3 is 1. The molecule has 1 heterocycles. The van der Waals surface area contributed by atoms with E-state index in [0.717, 1.165) is 197 Å². The van der Waals surface area contributed by atoms with Crippen LogP contribution in [0.3, 0.4) is 0 Å². The van der Waals surface area contributed by atoms with Gasteiger partial charge in [-0.3, -0.25) is 43.2 Å². The minimum atomic E-state index is -1.62. The van der Waals surface area contributed by atoms with Crippen molar-refractivity contribution in [2.45, 2.75) is 62.3 Å². The average Bonchev–Trinajstić information content (AvgIpc) is 0.756. The average molecular weight is 2010 g/mol. The van der Waals surface area contributed by atoms with Crippen molar-refractivity contribution < 1.29 is 71.2 Å². The highest BCUT2D eigenvalue weighted by Crippen LogP contribution is 2.41. The zero-order valence-electron chi connectivity index (χ0n) is 81.8. The van der Waals surface area contributed by atoms with Gasteiger partial charge in [-0.25, -0.2) is 4.57 Å². The lowest BCUT2D eigenvalue weighted by Crippen LogP contribution is -2.38. The summed E-state index contributed by atoms with van der Waals surface area (Å²) >= 11 is 11.6. The fraction of sp³-hybridized carbons (Fsp3) is 0.154. The van der Waals surface area contributed by atoms with Crippen molar-refractivity contribution >= 4 is 219 Å². The van der Waals surface area contributed by atoms with Crippen molar-refractivity contribution in [1.82, 2.24) is 0 Å². The van der Waals surface area contributed by atoms with Gasteiger partial charge in [-0.1, -0.05) is 313 Å². The molecule has 16 aromatic carbocycles. The zero-order valence-corrected chi connectivity index (χ0v) is 84.3. The predicted molar refractivity (Wildman–Crippen MR) is 611 cm³/mol. The molecule has 18 heteroatoms. The number of allylic oxidation sites excluding steroid dienone is 3. The Morgan fingerprint density at radius 2 is 0.520 bits per heavy atom. The van der Waals surface area contributed by atoms with Gasteiger partial charge in [0, 0.05) is 147 Å². The fourth-order valence-corrected chi connectivity index (χ4v) is 20.7. The topological polar surface area (TPSA) is 205 Å². The van der Waals surface area contributed by atoms with Crippen LogP contribution >= 0.6 is 23.2 Å². The number of ether oxygens (including phenoxy) is 2. The van der Waals surface area contributed by atoms with Crippen LogP contribution in [0.5, 0.6) is 0 Å². The quantitative estimate of drug-likeness (QED) is 0.0354. The van der Waals surface area contributed by atoms with E-state index in [0.29, 0.717) is 53.2 Å². The molecule has 0 aliphatic heterocycles. The largest absolute Gasteiger partial charge is 0.461 e. The van der Waals surface area contributed by atoms with Crippen LogP contribution in [-0.4, -0.2) is 143 Å². The highest BCUT2D eigenvalue weighted by molar-refractivity contribution is 6.69. The van der Waals surface area contributed by atoms with Crippen LogP contribution in [0.15, 0.2) is 360 Å². The smallest absolute Gasteiger partial charge is 0.302 e. The number of nitrogens with zero attached hydrogens (tertiary/aromatic N) is 2. The van der Waals surface area contributed by atoms with E-state index in [1.165, 1.54) is 12.5 Å². The maximum atomic E-state index is 12.8. The molecule has 8 aliphatic carbocycles. The number of carbonyl (C=O) groups is 9. The minimum absolute atomic E-state index is 0. The van der Waals surface area contributed by atoms with E-state index in [1.807, 2.05) is 290 Å². The molecule has 25 rings (SSSR count). The molecule has 17 aromatic rings. The molecule has 0 fully saturated rings. The number of carbonyl (C=O) groups excluding carboxylic acids is 9. The molecule has 0 saturated carbocycles. The van der Waals surface area contributed by atoms with E-state index < -0.39 is 8.32 Å². The number of aliphatic hydroxyl groups excluding tert-OH is 1. The molecule has 740 valence electrons.